The van der Waals surface area contributed by atoms with Gasteiger partial charge in [-0.15, -0.1) is 12.4 Å². The number of ether oxygens (including phenoxy) is 3. The molecule has 0 unspecified atom stereocenters. The van der Waals surface area contributed by atoms with Crippen molar-refractivity contribution < 1.29 is 19.0 Å². The minimum absolute atomic E-state index is 0. The van der Waals surface area contributed by atoms with E-state index >= 15 is 0 Å². The Morgan fingerprint density at radius 1 is 1.28 bits per heavy atom. The van der Waals surface area contributed by atoms with Gasteiger partial charge in [0.25, 0.3) is 0 Å². The van der Waals surface area contributed by atoms with Crippen LogP contribution in [0.2, 0.25) is 0 Å². The second kappa shape index (κ2) is 6.64. The quantitative estimate of drug-likeness (QED) is 0.542. The molecule has 2 aliphatic heterocycles. The lowest BCUT2D eigenvalue weighted by Gasteiger charge is -2.56. The van der Waals surface area contributed by atoms with Crippen molar-refractivity contribution >= 4 is 18.4 Å². The van der Waals surface area contributed by atoms with Crippen molar-refractivity contribution in [1.29, 1.82) is 0 Å². The zero-order chi connectivity index (χ0) is 19.8. The number of hydrogen-bond acceptors (Lipinski definition) is 5. The highest BCUT2D eigenvalue weighted by Gasteiger charge is 2.65. The lowest BCUT2D eigenvalue weighted by atomic mass is 9.53. The Morgan fingerprint density at radius 3 is 2.72 bits per heavy atom. The Morgan fingerprint density at radius 2 is 2.03 bits per heavy atom. The summed E-state index contributed by atoms with van der Waals surface area (Å²) < 4.78 is 18.2. The molecule has 6 heteroatoms. The average molecular weight is 420 g/mol. The van der Waals surface area contributed by atoms with Gasteiger partial charge in [-0.25, -0.2) is 0 Å². The standard InChI is InChI=1S/C23H29NO4.ClH/c1-22(2,3)21(25)27-17-9-7-14-15-12-13-6-8-16(26-5)19-18(13)23(14,20(17)28-19)10-11-24(15)4;/h6-9,14-15,17,20H,10-12H2,1-5H3;1H/t14-,15+,17-,20-,23-;/m0./s1. The van der Waals surface area contributed by atoms with Crippen LogP contribution in [0.3, 0.4) is 0 Å². The molecule has 1 saturated heterocycles. The van der Waals surface area contributed by atoms with Crippen LogP contribution in [0.15, 0.2) is 24.3 Å². The van der Waals surface area contributed by atoms with E-state index in [1.165, 1.54) is 11.1 Å². The minimum atomic E-state index is -0.543. The molecule has 0 amide bonds. The summed E-state index contributed by atoms with van der Waals surface area (Å²) in [4.78, 5) is 15.1. The number of likely N-dealkylation sites (tertiary alicyclic amines) is 1. The maximum Gasteiger partial charge on any atom is 0.311 e. The Hall–Kier alpha value is -1.72. The van der Waals surface area contributed by atoms with Gasteiger partial charge in [0, 0.05) is 22.9 Å². The average Bonchev–Trinajstić information content (AvgIpc) is 3.00. The van der Waals surface area contributed by atoms with Gasteiger partial charge in [0.1, 0.15) is 6.10 Å². The topological polar surface area (TPSA) is 48.0 Å². The van der Waals surface area contributed by atoms with E-state index in [-0.39, 0.29) is 36.0 Å². The molecule has 2 heterocycles. The lowest BCUT2D eigenvalue weighted by molar-refractivity contribution is -0.164. The Labute approximate surface area is 178 Å². The minimum Gasteiger partial charge on any atom is -0.493 e. The van der Waals surface area contributed by atoms with Gasteiger partial charge in [-0.2, -0.15) is 0 Å². The summed E-state index contributed by atoms with van der Waals surface area (Å²) in [6.45, 7) is 6.69. The predicted molar refractivity (Wildman–Crippen MR) is 113 cm³/mol. The summed E-state index contributed by atoms with van der Waals surface area (Å²) in [6, 6.07) is 4.66. The van der Waals surface area contributed by atoms with Gasteiger partial charge >= 0.3 is 5.97 Å². The van der Waals surface area contributed by atoms with Gasteiger partial charge < -0.3 is 19.1 Å². The second-order valence-electron chi connectivity index (χ2n) is 9.74. The molecule has 0 N–H and O–H groups in total. The van der Waals surface area contributed by atoms with Crippen LogP contribution in [0.5, 0.6) is 11.5 Å². The highest BCUT2D eigenvalue weighted by molar-refractivity contribution is 5.85. The highest BCUT2D eigenvalue weighted by atomic mass is 35.5. The van der Waals surface area contributed by atoms with Crippen molar-refractivity contribution in [2.45, 2.75) is 57.3 Å². The third-order valence-corrected chi connectivity index (χ3v) is 7.19. The summed E-state index contributed by atoms with van der Waals surface area (Å²) in [5.74, 6) is 1.81. The molecule has 1 fully saturated rings. The van der Waals surface area contributed by atoms with E-state index < -0.39 is 5.41 Å². The van der Waals surface area contributed by atoms with Gasteiger partial charge in [0.15, 0.2) is 17.6 Å². The monoisotopic (exact) mass is 419 g/mol. The molecule has 1 spiro atoms. The summed E-state index contributed by atoms with van der Waals surface area (Å²) >= 11 is 0. The molecule has 5 atom stereocenters. The van der Waals surface area contributed by atoms with Crippen LogP contribution in [0, 0.1) is 11.3 Å². The summed E-state index contributed by atoms with van der Waals surface area (Å²) in [6.07, 6.45) is 5.79. The number of carbonyl (C=O) groups is 1. The molecule has 2 aliphatic carbocycles. The van der Waals surface area contributed by atoms with Crippen LogP contribution in [0.4, 0.5) is 0 Å². The summed E-state index contributed by atoms with van der Waals surface area (Å²) in [5.41, 5.74) is 1.96. The molecule has 5 rings (SSSR count). The first-order valence-corrected chi connectivity index (χ1v) is 10.2. The normalized spacial score (nSPS) is 34.0. The molecule has 29 heavy (non-hydrogen) atoms. The fourth-order valence-electron chi connectivity index (χ4n) is 5.77. The number of halogens is 1. The van der Waals surface area contributed by atoms with Crippen molar-refractivity contribution in [3.8, 4) is 11.5 Å². The van der Waals surface area contributed by atoms with Gasteiger partial charge in [0.2, 0.25) is 0 Å². The lowest BCUT2D eigenvalue weighted by Crippen LogP contribution is -2.65. The number of esters is 1. The first kappa shape index (κ1) is 20.5. The maximum absolute atomic E-state index is 12.7. The number of methoxy groups -OCH3 is 1. The molecule has 0 saturated carbocycles. The molecule has 1 aromatic rings. The van der Waals surface area contributed by atoms with E-state index in [1.807, 2.05) is 26.8 Å². The van der Waals surface area contributed by atoms with Crippen molar-refractivity contribution in [2.24, 2.45) is 11.3 Å². The smallest absolute Gasteiger partial charge is 0.311 e. The van der Waals surface area contributed by atoms with Crippen molar-refractivity contribution in [3.05, 3.63) is 35.4 Å². The number of benzene rings is 1. The zero-order valence-corrected chi connectivity index (χ0v) is 18.5. The number of hydrogen-bond donors (Lipinski definition) is 0. The van der Waals surface area contributed by atoms with E-state index in [1.54, 1.807) is 7.11 Å². The van der Waals surface area contributed by atoms with Crippen LogP contribution in [0.25, 0.3) is 0 Å². The van der Waals surface area contributed by atoms with E-state index in [0.717, 1.165) is 30.9 Å². The predicted octanol–water partition coefficient (Wildman–Crippen LogP) is 3.52. The Balaban J connectivity index is 0.00000205. The van der Waals surface area contributed by atoms with Crippen LogP contribution >= 0.6 is 12.4 Å². The van der Waals surface area contributed by atoms with E-state index in [0.29, 0.717) is 12.0 Å². The largest absolute Gasteiger partial charge is 0.493 e. The second-order valence-corrected chi connectivity index (χ2v) is 9.74. The molecular weight excluding hydrogens is 390 g/mol. The first-order valence-electron chi connectivity index (χ1n) is 10.2. The molecule has 0 radical (unpaired) electrons. The summed E-state index contributed by atoms with van der Waals surface area (Å²) in [5, 5.41) is 0. The zero-order valence-electron chi connectivity index (χ0n) is 17.7. The number of likely N-dealkylation sites (N-methyl/N-ethyl adjacent to an activating group) is 1. The number of piperidine rings is 1. The Bertz CT molecular complexity index is 876. The van der Waals surface area contributed by atoms with Crippen molar-refractivity contribution in [3.63, 3.8) is 0 Å². The van der Waals surface area contributed by atoms with E-state index in [2.05, 4.69) is 30.2 Å². The van der Waals surface area contributed by atoms with Gasteiger partial charge in [-0.3, -0.25) is 4.79 Å². The Kier molecular flexibility index (Phi) is 4.71. The van der Waals surface area contributed by atoms with Crippen molar-refractivity contribution in [1.82, 2.24) is 4.90 Å². The maximum atomic E-state index is 12.7. The molecule has 1 aromatic carbocycles. The molecule has 0 aromatic heterocycles. The molecule has 4 aliphatic rings. The van der Waals surface area contributed by atoms with Crippen LogP contribution in [0.1, 0.15) is 38.3 Å². The molecular formula is C23H30ClNO4. The molecule has 5 nitrogen and oxygen atoms in total. The number of rotatable bonds is 2. The number of nitrogens with zero attached hydrogens (tertiary/aromatic N) is 1. The van der Waals surface area contributed by atoms with Crippen LogP contribution < -0.4 is 9.47 Å². The van der Waals surface area contributed by atoms with Crippen LogP contribution in [-0.4, -0.2) is 49.8 Å². The third-order valence-electron chi connectivity index (χ3n) is 7.19. The molecule has 158 valence electrons. The molecule has 2 bridgehead atoms. The van der Waals surface area contributed by atoms with Gasteiger partial charge in [-0.05, 0) is 64.9 Å². The van der Waals surface area contributed by atoms with Crippen LogP contribution in [-0.2, 0) is 21.4 Å². The van der Waals surface area contributed by atoms with Gasteiger partial charge in [0.05, 0.1) is 12.5 Å². The fraction of sp³-hybridized carbons (Fsp3) is 0.609. The summed E-state index contributed by atoms with van der Waals surface area (Å²) in [7, 11) is 3.91. The highest BCUT2D eigenvalue weighted by Crippen LogP contribution is 2.62. The van der Waals surface area contributed by atoms with Crippen molar-refractivity contribution in [2.75, 3.05) is 20.7 Å². The van der Waals surface area contributed by atoms with Gasteiger partial charge in [-0.1, -0.05) is 12.1 Å². The third kappa shape index (κ3) is 2.66. The van der Waals surface area contributed by atoms with E-state index in [4.69, 9.17) is 14.2 Å². The fourth-order valence-corrected chi connectivity index (χ4v) is 5.77. The number of carbonyl (C=O) groups excluding carboxylic acids is 1. The SMILES string of the molecule is COc1ccc2c3c1O[C@H]1[C@@H](OC(=O)C(C)(C)C)C=C[C@H]4[C@@H](C2)N(C)CC[C@@]341.Cl. The first-order chi connectivity index (χ1) is 13.3. The van der Waals surface area contributed by atoms with E-state index in [9.17, 15) is 4.79 Å².